The van der Waals surface area contributed by atoms with E-state index < -0.39 is 20.7 Å². The third-order valence-corrected chi connectivity index (χ3v) is 4.74. The summed E-state index contributed by atoms with van der Waals surface area (Å²) < 4.78 is 40.3. The summed E-state index contributed by atoms with van der Waals surface area (Å²) in [7, 11) is -3.91. The van der Waals surface area contributed by atoms with Crippen LogP contribution >= 0.6 is 11.6 Å². The summed E-state index contributed by atoms with van der Waals surface area (Å²) in [6, 6.07) is 2.13. The van der Waals surface area contributed by atoms with E-state index in [1.807, 2.05) is 0 Å². The molecule has 0 unspecified atom stereocenters. The fourth-order valence-corrected chi connectivity index (χ4v) is 3.84. The van der Waals surface area contributed by atoms with Gasteiger partial charge in [0.2, 0.25) is 10.0 Å². The van der Waals surface area contributed by atoms with Crippen LogP contribution in [0.4, 0.5) is 10.1 Å². The molecule has 0 spiro atoms. The molecule has 18 heavy (non-hydrogen) atoms. The first-order valence-corrected chi connectivity index (χ1v) is 7.53. The molecule has 2 rings (SSSR count). The van der Waals surface area contributed by atoms with Crippen LogP contribution in [0.25, 0.3) is 0 Å². The van der Waals surface area contributed by atoms with E-state index in [0.717, 1.165) is 31.7 Å². The second-order valence-corrected chi connectivity index (χ2v) is 6.53. The van der Waals surface area contributed by atoms with Crippen molar-refractivity contribution in [2.75, 3.05) is 5.73 Å². The van der Waals surface area contributed by atoms with Crippen LogP contribution in [0, 0.1) is 5.82 Å². The lowest BCUT2D eigenvalue weighted by molar-refractivity contribution is 0.538. The summed E-state index contributed by atoms with van der Waals surface area (Å²) in [4.78, 5) is -0.487. The van der Waals surface area contributed by atoms with Crippen molar-refractivity contribution in [3.63, 3.8) is 0 Å². The van der Waals surface area contributed by atoms with Crippen molar-refractivity contribution in [1.29, 1.82) is 0 Å². The summed E-state index contributed by atoms with van der Waals surface area (Å²) in [6.45, 7) is 0. The molecule has 0 saturated heterocycles. The van der Waals surface area contributed by atoms with Gasteiger partial charge in [0, 0.05) is 11.1 Å². The van der Waals surface area contributed by atoms with E-state index >= 15 is 0 Å². The molecule has 0 aromatic heterocycles. The zero-order chi connectivity index (χ0) is 13.3. The van der Waals surface area contributed by atoms with Gasteiger partial charge in [-0.1, -0.05) is 24.4 Å². The van der Waals surface area contributed by atoms with Crippen LogP contribution in [0.2, 0.25) is 5.02 Å². The zero-order valence-electron chi connectivity index (χ0n) is 9.62. The number of anilines is 1. The number of nitrogens with two attached hydrogens (primary N) is 1. The Kier molecular flexibility index (Phi) is 3.79. The number of hydrogen-bond donors (Lipinski definition) is 2. The molecule has 1 saturated carbocycles. The average Bonchev–Trinajstić information content (AvgIpc) is 2.75. The van der Waals surface area contributed by atoms with Crippen LogP contribution in [-0.4, -0.2) is 14.5 Å². The maximum atomic E-state index is 13.7. The second-order valence-electron chi connectivity index (χ2n) is 4.41. The first-order valence-electron chi connectivity index (χ1n) is 5.67. The van der Waals surface area contributed by atoms with Gasteiger partial charge in [-0.3, -0.25) is 0 Å². The Bertz CT molecular complexity index is 556. The van der Waals surface area contributed by atoms with Gasteiger partial charge in [0.25, 0.3) is 0 Å². The SMILES string of the molecule is Nc1cc(Cl)cc(S(=O)(=O)NC2CCCC2)c1F. The van der Waals surface area contributed by atoms with E-state index in [1.54, 1.807) is 0 Å². The fraction of sp³-hybridized carbons (Fsp3) is 0.455. The fourth-order valence-electron chi connectivity index (χ4n) is 2.11. The molecule has 1 aliphatic rings. The highest BCUT2D eigenvalue weighted by atomic mass is 35.5. The van der Waals surface area contributed by atoms with Gasteiger partial charge in [-0.2, -0.15) is 0 Å². The second kappa shape index (κ2) is 5.03. The van der Waals surface area contributed by atoms with Crippen LogP contribution in [0.1, 0.15) is 25.7 Å². The van der Waals surface area contributed by atoms with Crippen molar-refractivity contribution in [1.82, 2.24) is 4.72 Å². The minimum atomic E-state index is -3.91. The topological polar surface area (TPSA) is 72.2 Å². The molecule has 7 heteroatoms. The Balaban J connectivity index is 2.34. The molecule has 1 aromatic rings. The number of hydrogen-bond acceptors (Lipinski definition) is 3. The summed E-state index contributed by atoms with van der Waals surface area (Å²) in [5.41, 5.74) is 5.11. The third-order valence-electron chi connectivity index (χ3n) is 3.00. The van der Waals surface area contributed by atoms with Gasteiger partial charge in [-0.25, -0.2) is 17.5 Å². The van der Waals surface area contributed by atoms with Crippen molar-refractivity contribution in [2.24, 2.45) is 0 Å². The van der Waals surface area contributed by atoms with Crippen molar-refractivity contribution in [2.45, 2.75) is 36.6 Å². The summed E-state index contributed by atoms with van der Waals surface area (Å²) in [5.74, 6) is -0.954. The molecule has 3 N–H and O–H groups in total. The highest BCUT2D eigenvalue weighted by molar-refractivity contribution is 7.89. The molecule has 0 bridgehead atoms. The molecular formula is C11H14ClFN2O2S. The first kappa shape index (κ1) is 13.6. The van der Waals surface area contributed by atoms with E-state index in [9.17, 15) is 12.8 Å². The zero-order valence-corrected chi connectivity index (χ0v) is 11.2. The molecule has 0 radical (unpaired) electrons. The van der Waals surface area contributed by atoms with Crippen molar-refractivity contribution in [3.05, 3.63) is 23.0 Å². The van der Waals surface area contributed by atoms with Gasteiger partial charge in [-0.15, -0.1) is 0 Å². The van der Waals surface area contributed by atoms with E-state index in [-0.39, 0.29) is 16.8 Å². The monoisotopic (exact) mass is 292 g/mol. The lowest BCUT2D eigenvalue weighted by atomic mass is 10.3. The quantitative estimate of drug-likeness (QED) is 0.840. The summed E-state index contributed by atoms with van der Waals surface area (Å²) in [6.07, 6.45) is 3.51. The number of rotatable bonds is 3. The van der Waals surface area contributed by atoms with Crippen LogP contribution in [0.5, 0.6) is 0 Å². The van der Waals surface area contributed by atoms with Crippen LogP contribution in [0.3, 0.4) is 0 Å². The van der Waals surface area contributed by atoms with Gasteiger partial charge in [0.15, 0.2) is 5.82 Å². The Labute approximate surface area is 110 Å². The smallest absolute Gasteiger partial charge is 0.243 e. The molecule has 100 valence electrons. The number of halogens is 2. The van der Waals surface area contributed by atoms with Crippen LogP contribution in [0.15, 0.2) is 17.0 Å². The maximum Gasteiger partial charge on any atom is 0.243 e. The number of benzene rings is 1. The minimum absolute atomic E-state index is 0.0979. The molecule has 1 aromatic carbocycles. The Hall–Kier alpha value is -0.850. The number of nitrogen functional groups attached to an aromatic ring is 1. The minimum Gasteiger partial charge on any atom is -0.396 e. The highest BCUT2D eigenvalue weighted by Gasteiger charge is 2.26. The lowest BCUT2D eigenvalue weighted by Crippen LogP contribution is -2.33. The van der Waals surface area contributed by atoms with E-state index in [1.165, 1.54) is 6.07 Å². The molecule has 0 atom stereocenters. The Morgan fingerprint density at radius 2 is 1.94 bits per heavy atom. The Morgan fingerprint density at radius 3 is 2.56 bits per heavy atom. The van der Waals surface area contributed by atoms with Crippen molar-refractivity contribution < 1.29 is 12.8 Å². The van der Waals surface area contributed by atoms with Gasteiger partial charge < -0.3 is 5.73 Å². The molecule has 0 aliphatic heterocycles. The predicted octanol–water partition coefficient (Wildman–Crippen LogP) is 2.28. The van der Waals surface area contributed by atoms with Crippen molar-refractivity contribution in [3.8, 4) is 0 Å². The van der Waals surface area contributed by atoms with Gasteiger partial charge in [0.05, 0.1) is 5.69 Å². The maximum absolute atomic E-state index is 13.7. The predicted molar refractivity (Wildman–Crippen MR) is 68.4 cm³/mol. The first-order chi connectivity index (χ1) is 8.40. The molecule has 4 nitrogen and oxygen atoms in total. The molecule has 1 aliphatic carbocycles. The van der Waals surface area contributed by atoms with E-state index in [2.05, 4.69) is 4.72 Å². The molecule has 0 amide bonds. The third kappa shape index (κ3) is 2.76. The molecule has 1 fully saturated rings. The lowest BCUT2D eigenvalue weighted by Gasteiger charge is -2.14. The molecule has 0 heterocycles. The number of sulfonamides is 1. The Morgan fingerprint density at radius 1 is 1.33 bits per heavy atom. The largest absolute Gasteiger partial charge is 0.396 e. The summed E-state index contributed by atoms with van der Waals surface area (Å²) >= 11 is 5.71. The molecular weight excluding hydrogens is 279 g/mol. The average molecular weight is 293 g/mol. The van der Waals surface area contributed by atoms with Gasteiger partial charge in [-0.05, 0) is 25.0 Å². The highest BCUT2D eigenvalue weighted by Crippen LogP contribution is 2.27. The van der Waals surface area contributed by atoms with Gasteiger partial charge >= 0.3 is 0 Å². The summed E-state index contributed by atoms with van der Waals surface area (Å²) in [5, 5.41) is 0.0979. The van der Waals surface area contributed by atoms with Crippen LogP contribution in [-0.2, 0) is 10.0 Å². The van der Waals surface area contributed by atoms with Crippen LogP contribution < -0.4 is 10.5 Å². The standard InChI is InChI=1S/C11H14ClFN2O2S/c12-7-5-9(14)11(13)10(6-7)18(16,17)15-8-3-1-2-4-8/h5-6,8,15H,1-4,14H2. The van der Waals surface area contributed by atoms with Crippen molar-refractivity contribution >= 4 is 27.3 Å². The number of nitrogens with one attached hydrogen (secondary N) is 1. The van der Waals surface area contributed by atoms with Gasteiger partial charge in [0.1, 0.15) is 4.90 Å². The van der Waals surface area contributed by atoms with E-state index in [4.69, 9.17) is 17.3 Å². The van der Waals surface area contributed by atoms with E-state index in [0.29, 0.717) is 0 Å². The normalized spacial score (nSPS) is 17.2.